The molecule has 0 saturated carbocycles. The Morgan fingerprint density at radius 1 is 0.769 bits per heavy atom. The summed E-state index contributed by atoms with van der Waals surface area (Å²) in [4.78, 5) is 0. The van der Waals surface area contributed by atoms with Crippen LogP contribution in [0.4, 0.5) is 0 Å². The van der Waals surface area contributed by atoms with Crippen LogP contribution in [0.1, 0.15) is 24.8 Å². The van der Waals surface area contributed by atoms with Crippen molar-refractivity contribution in [3.63, 3.8) is 0 Å². The first-order valence-electron chi connectivity index (χ1n) is 8.24. The summed E-state index contributed by atoms with van der Waals surface area (Å²) in [5.41, 5.74) is 1.25. The highest BCUT2D eigenvalue weighted by Crippen LogP contribution is 2.37. The molecule has 0 amide bonds. The summed E-state index contributed by atoms with van der Waals surface area (Å²) in [7, 11) is 0. The van der Waals surface area contributed by atoms with Crippen LogP contribution >= 0.6 is 79.6 Å². The Morgan fingerprint density at radius 3 is 2.19 bits per heavy atom. The molecule has 0 unspecified atom stereocenters. The van der Waals surface area contributed by atoms with Crippen LogP contribution in [0.2, 0.25) is 0 Å². The number of alkyl halides is 2. The number of halogens is 5. The molecule has 26 heavy (non-hydrogen) atoms. The minimum atomic E-state index is 0.400. The van der Waals surface area contributed by atoms with Crippen LogP contribution in [-0.2, 0) is 6.42 Å². The minimum Gasteiger partial charge on any atom is -0.490 e. The van der Waals surface area contributed by atoms with Gasteiger partial charge in [-0.25, -0.2) is 0 Å². The zero-order chi connectivity index (χ0) is 18.9. The van der Waals surface area contributed by atoms with E-state index < -0.39 is 0 Å². The highest BCUT2D eigenvalue weighted by Gasteiger charge is 2.09. The van der Waals surface area contributed by atoms with Gasteiger partial charge in [-0.3, -0.25) is 0 Å². The highest BCUT2D eigenvalue weighted by atomic mass is 79.9. The highest BCUT2D eigenvalue weighted by molar-refractivity contribution is 9.24. The second-order valence-electron chi connectivity index (χ2n) is 5.61. The maximum absolute atomic E-state index is 5.95. The van der Waals surface area contributed by atoms with Crippen molar-refractivity contribution in [1.82, 2.24) is 0 Å². The molecule has 0 saturated heterocycles. The molecule has 2 nitrogen and oxygen atoms in total. The summed E-state index contributed by atoms with van der Waals surface area (Å²) in [6, 6.07) is 12.1. The summed E-state index contributed by atoms with van der Waals surface area (Å²) in [5.74, 6) is 1.73. The zero-order valence-corrected chi connectivity index (χ0v) is 21.9. The van der Waals surface area contributed by atoms with Crippen molar-refractivity contribution in [1.29, 1.82) is 0 Å². The number of benzene rings is 2. The van der Waals surface area contributed by atoms with Crippen molar-refractivity contribution in [2.24, 2.45) is 0 Å². The monoisotopic (exact) mass is 674 g/mol. The number of ether oxygens (including phenoxy) is 2. The zero-order valence-electron chi connectivity index (χ0n) is 14.0. The third kappa shape index (κ3) is 7.46. The first kappa shape index (κ1) is 22.7. The Labute approximate surface area is 197 Å². The van der Waals surface area contributed by atoms with Gasteiger partial charge in [-0.1, -0.05) is 56.5 Å². The molecule has 0 bridgehead atoms. The third-order valence-corrected chi connectivity index (χ3v) is 7.94. The Hall–Kier alpha value is 0.440. The lowest BCUT2D eigenvalue weighted by atomic mass is 10.1. The second kappa shape index (κ2) is 12.1. The van der Waals surface area contributed by atoms with E-state index in [9.17, 15) is 0 Å². The van der Waals surface area contributed by atoms with Crippen molar-refractivity contribution in [2.45, 2.75) is 29.4 Å². The lowest BCUT2D eigenvalue weighted by Crippen LogP contribution is -2.10. The van der Waals surface area contributed by atoms with Gasteiger partial charge >= 0.3 is 0 Å². The van der Waals surface area contributed by atoms with Crippen LogP contribution in [-0.4, -0.2) is 17.0 Å². The molecule has 0 radical (unpaired) electrons. The number of unbranched alkanes of at least 4 members (excludes halogenated alkanes) is 1. The fourth-order valence-electron chi connectivity index (χ4n) is 2.39. The fourth-order valence-corrected chi connectivity index (χ4v) is 4.42. The molecule has 142 valence electrons. The number of hydrogen-bond donors (Lipinski definition) is 0. The van der Waals surface area contributed by atoms with E-state index in [4.69, 9.17) is 9.47 Å². The van der Waals surface area contributed by atoms with Gasteiger partial charge in [0.1, 0.15) is 24.7 Å². The molecule has 0 aromatic heterocycles. The maximum Gasteiger partial charge on any atom is 0.134 e. The minimum absolute atomic E-state index is 0.400. The van der Waals surface area contributed by atoms with Crippen LogP contribution in [0, 0.1) is 0 Å². The molecule has 2 aromatic carbocycles. The lowest BCUT2D eigenvalue weighted by molar-refractivity contribution is 0.215. The van der Waals surface area contributed by atoms with Gasteiger partial charge in [0.15, 0.2) is 0 Å². The van der Waals surface area contributed by atoms with Gasteiger partial charge in [-0.15, -0.1) is 0 Å². The molecule has 2 aromatic rings. The lowest BCUT2D eigenvalue weighted by Gasteiger charge is -2.13. The Bertz CT molecular complexity index is 706. The molecule has 0 aliphatic carbocycles. The molecule has 0 heterocycles. The number of hydrogen-bond acceptors (Lipinski definition) is 2. The van der Waals surface area contributed by atoms with Crippen molar-refractivity contribution in [3.05, 3.63) is 55.4 Å². The quantitative estimate of drug-likeness (QED) is 0.143. The summed E-state index contributed by atoms with van der Waals surface area (Å²) in [6.45, 7) is 0.984. The Kier molecular flexibility index (Phi) is 10.6. The smallest absolute Gasteiger partial charge is 0.134 e. The normalized spacial score (nSPS) is 11.0. The first-order valence-corrected chi connectivity index (χ1v) is 12.4. The molecular weight excluding hydrogens is 660 g/mol. The molecule has 0 atom stereocenters. The van der Waals surface area contributed by atoms with Crippen LogP contribution in [0.5, 0.6) is 11.5 Å². The fraction of sp³-hybridized carbons (Fsp3) is 0.368. The van der Waals surface area contributed by atoms with Crippen LogP contribution in [0.15, 0.2) is 49.8 Å². The van der Waals surface area contributed by atoms with E-state index in [0.717, 1.165) is 44.2 Å². The van der Waals surface area contributed by atoms with Crippen LogP contribution < -0.4 is 9.47 Å². The Balaban J connectivity index is 1.81. The Morgan fingerprint density at radius 2 is 1.46 bits per heavy atom. The van der Waals surface area contributed by atoms with Crippen molar-refractivity contribution in [2.75, 3.05) is 13.2 Å². The number of para-hydroxylation sites is 1. The molecular formula is C19H19Br5O2. The van der Waals surface area contributed by atoms with E-state index in [0.29, 0.717) is 17.0 Å². The van der Waals surface area contributed by atoms with E-state index in [1.807, 2.05) is 24.3 Å². The maximum atomic E-state index is 5.95. The summed E-state index contributed by atoms with van der Waals surface area (Å²) in [5, 5.41) is 0. The van der Waals surface area contributed by atoms with Crippen molar-refractivity contribution in [3.8, 4) is 11.5 Å². The second-order valence-corrected chi connectivity index (χ2v) is 11.5. The molecule has 7 heteroatoms. The predicted molar refractivity (Wildman–Crippen MR) is 126 cm³/mol. The van der Waals surface area contributed by atoms with E-state index in [1.54, 1.807) is 0 Å². The van der Waals surface area contributed by atoms with Gasteiger partial charge in [0.05, 0.1) is 8.21 Å². The average Bonchev–Trinajstić information content (AvgIpc) is 2.63. The summed E-state index contributed by atoms with van der Waals surface area (Å²) < 4.78 is 15.0. The SMILES string of the molecule is Brc1ccc(OCCOc2ccccc2CCCCC(Br)Br)c(Br)c1Br. The van der Waals surface area contributed by atoms with E-state index in [-0.39, 0.29) is 0 Å². The van der Waals surface area contributed by atoms with Crippen molar-refractivity contribution >= 4 is 79.6 Å². The first-order chi connectivity index (χ1) is 12.5. The standard InChI is InChI=1S/C19H19Br5O2/c20-14-9-10-16(19(24)18(14)23)26-12-11-25-15-7-3-1-5-13(15)6-2-4-8-17(21)22/h1,3,5,7,9-10,17H,2,4,6,8,11-12H2. The van der Waals surface area contributed by atoms with Crippen LogP contribution in [0.3, 0.4) is 0 Å². The number of rotatable bonds is 10. The molecule has 0 spiro atoms. The van der Waals surface area contributed by atoms with E-state index in [2.05, 4.69) is 91.8 Å². The van der Waals surface area contributed by atoms with Crippen LogP contribution in [0.25, 0.3) is 0 Å². The van der Waals surface area contributed by atoms with Gasteiger partial charge in [0, 0.05) is 8.95 Å². The molecule has 0 aliphatic heterocycles. The molecule has 0 aliphatic rings. The average molecular weight is 679 g/mol. The van der Waals surface area contributed by atoms with Gasteiger partial charge in [0.2, 0.25) is 0 Å². The topological polar surface area (TPSA) is 18.5 Å². The largest absolute Gasteiger partial charge is 0.490 e. The predicted octanol–water partition coefficient (Wildman–Crippen LogP) is 8.26. The van der Waals surface area contributed by atoms with E-state index in [1.165, 1.54) is 12.0 Å². The molecule has 0 N–H and O–H groups in total. The van der Waals surface area contributed by atoms with Gasteiger partial charge in [-0.2, -0.15) is 0 Å². The van der Waals surface area contributed by atoms with Gasteiger partial charge in [-0.05, 0) is 90.8 Å². The summed E-state index contributed by atoms with van der Waals surface area (Å²) in [6.07, 6.45) is 4.46. The summed E-state index contributed by atoms with van der Waals surface area (Å²) >= 11 is 17.6. The van der Waals surface area contributed by atoms with Gasteiger partial charge in [0.25, 0.3) is 0 Å². The molecule has 0 fully saturated rings. The van der Waals surface area contributed by atoms with Gasteiger partial charge < -0.3 is 9.47 Å². The third-order valence-electron chi connectivity index (χ3n) is 3.69. The van der Waals surface area contributed by atoms with Crippen molar-refractivity contribution < 1.29 is 9.47 Å². The number of aryl methyl sites for hydroxylation is 1. The molecule has 2 rings (SSSR count). The van der Waals surface area contributed by atoms with E-state index >= 15 is 0 Å².